The van der Waals surface area contributed by atoms with Crippen LogP contribution in [-0.2, 0) is 5.75 Å². The summed E-state index contributed by atoms with van der Waals surface area (Å²) in [6.45, 7) is 2.19. The van der Waals surface area contributed by atoms with Crippen LogP contribution < -0.4 is 0 Å². The highest BCUT2D eigenvalue weighted by Gasteiger charge is 2.21. The van der Waals surface area contributed by atoms with Gasteiger partial charge >= 0.3 is 0 Å². The molecule has 0 radical (unpaired) electrons. The molecule has 0 bridgehead atoms. The van der Waals surface area contributed by atoms with Crippen LogP contribution in [0.4, 0.5) is 0 Å². The van der Waals surface area contributed by atoms with Gasteiger partial charge in [-0.15, -0.1) is 0 Å². The Balaban J connectivity index is 2.02. The SMILES string of the molecule is CC1CC(O)c2cc(-c3ccccc3)ccc2CS1. The summed E-state index contributed by atoms with van der Waals surface area (Å²) >= 11 is 1.93. The molecule has 1 nitrogen and oxygen atoms in total. The van der Waals surface area contributed by atoms with Gasteiger partial charge in [-0.05, 0) is 34.7 Å². The summed E-state index contributed by atoms with van der Waals surface area (Å²) in [6.07, 6.45) is 0.513. The van der Waals surface area contributed by atoms with Crippen LogP contribution in [0.15, 0.2) is 48.5 Å². The summed E-state index contributed by atoms with van der Waals surface area (Å²) in [4.78, 5) is 0. The number of aliphatic hydroxyl groups excluding tert-OH is 1. The van der Waals surface area contributed by atoms with Crippen molar-refractivity contribution < 1.29 is 5.11 Å². The molecule has 1 aliphatic heterocycles. The fourth-order valence-electron chi connectivity index (χ4n) is 2.59. The topological polar surface area (TPSA) is 20.2 Å². The van der Waals surface area contributed by atoms with Crippen LogP contribution in [-0.4, -0.2) is 10.4 Å². The number of aliphatic hydroxyl groups is 1. The lowest BCUT2D eigenvalue weighted by atomic mass is 9.95. The van der Waals surface area contributed by atoms with Gasteiger partial charge < -0.3 is 5.11 Å². The smallest absolute Gasteiger partial charge is 0.0803 e. The zero-order valence-corrected chi connectivity index (χ0v) is 11.9. The molecule has 0 aliphatic carbocycles. The Morgan fingerprint density at radius 1 is 1.05 bits per heavy atom. The molecule has 0 spiro atoms. The predicted octanol–water partition coefficient (Wildman–Crippen LogP) is 4.41. The molecule has 19 heavy (non-hydrogen) atoms. The molecule has 2 unspecified atom stereocenters. The number of rotatable bonds is 1. The van der Waals surface area contributed by atoms with E-state index in [2.05, 4.69) is 49.4 Å². The van der Waals surface area contributed by atoms with Crippen molar-refractivity contribution in [3.63, 3.8) is 0 Å². The standard InChI is InChI=1S/C17H18OS/c1-12-9-17(18)16-10-14(7-8-15(16)11-19-12)13-5-3-2-4-6-13/h2-8,10,12,17-18H,9,11H2,1H3. The van der Waals surface area contributed by atoms with E-state index in [1.807, 2.05) is 17.8 Å². The Morgan fingerprint density at radius 3 is 2.63 bits per heavy atom. The van der Waals surface area contributed by atoms with Crippen LogP contribution in [0.1, 0.15) is 30.6 Å². The summed E-state index contributed by atoms with van der Waals surface area (Å²) in [5, 5.41) is 10.9. The van der Waals surface area contributed by atoms with E-state index in [1.165, 1.54) is 16.7 Å². The fourth-order valence-corrected chi connectivity index (χ4v) is 3.63. The second-order valence-electron chi connectivity index (χ2n) is 5.15. The maximum absolute atomic E-state index is 10.4. The number of hydrogen-bond donors (Lipinski definition) is 1. The molecule has 1 aliphatic rings. The highest BCUT2D eigenvalue weighted by Crippen LogP contribution is 2.36. The Hall–Kier alpha value is -1.25. The van der Waals surface area contributed by atoms with E-state index in [1.54, 1.807) is 0 Å². The summed E-state index contributed by atoms with van der Waals surface area (Å²) in [6, 6.07) is 16.9. The van der Waals surface area contributed by atoms with Crippen LogP contribution in [0.3, 0.4) is 0 Å². The van der Waals surface area contributed by atoms with Crippen molar-refractivity contribution in [3.05, 3.63) is 59.7 Å². The minimum absolute atomic E-state index is 0.330. The normalized spacial score (nSPS) is 22.6. The molecule has 2 aromatic carbocycles. The molecule has 1 heterocycles. The molecule has 2 aromatic rings. The molecule has 0 amide bonds. The van der Waals surface area contributed by atoms with Gasteiger partial charge in [-0.2, -0.15) is 11.8 Å². The van der Waals surface area contributed by atoms with E-state index < -0.39 is 0 Å². The van der Waals surface area contributed by atoms with Gasteiger partial charge in [0.1, 0.15) is 0 Å². The van der Waals surface area contributed by atoms with Crippen LogP contribution in [0.25, 0.3) is 11.1 Å². The lowest BCUT2D eigenvalue weighted by molar-refractivity contribution is 0.168. The molecular formula is C17H18OS. The highest BCUT2D eigenvalue weighted by atomic mass is 32.2. The predicted molar refractivity (Wildman–Crippen MR) is 82.2 cm³/mol. The van der Waals surface area contributed by atoms with Crippen molar-refractivity contribution in [3.8, 4) is 11.1 Å². The average molecular weight is 270 g/mol. The largest absolute Gasteiger partial charge is 0.388 e. The number of thioether (sulfide) groups is 1. The van der Waals surface area contributed by atoms with E-state index >= 15 is 0 Å². The minimum Gasteiger partial charge on any atom is -0.388 e. The van der Waals surface area contributed by atoms with E-state index in [-0.39, 0.29) is 6.10 Å². The quantitative estimate of drug-likeness (QED) is 0.828. The van der Waals surface area contributed by atoms with Gasteiger partial charge in [0, 0.05) is 11.0 Å². The lowest BCUT2D eigenvalue weighted by Crippen LogP contribution is -2.03. The molecule has 2 atom stereocenters. The van der Waals surface area contributed by atoms with Crippen LogP contribution in [0, 0.1) is 0 Å². The maximum atomic E-state index is 10.4. The first kappa shape index (κ1) is 12.8. The van der Waals surface area contributed by atoms with Crippen molar-refractivity contribution in [2.24, 2.45) is 0 Å². The van der Waals surface area contributed by atoms with Gasteiger partial charge in [-0.3, -0.25) is 0 Å². The molecular weight excluding hydrogens is 252 g/mol. The first-order valence-corrected chi connectivity index (χ1v) is 7.77. The molecule has 0 fully saturated rings. The monoisotopic (exact) mass is 270 g/mol. The molecule has 2 heteroatoms. The van der Waals surface area contributed by atoms with E-state index in [4.69, 9.17) is 0 Å². The molecule has 0 saturated carbocycles. The Bertz CT molecular complexity index is 565. The third kappa shape index (κ3) is 2.70. The lowest BCUT2D eigenvalue weighted by Gasteiger charge is -2.14. The van der Waals surface area contributed by atoms with Crippen LogP contribution >= 0.6 is 11.8 Å². The van der Waals surface area contributed by atoms with Crippen molar-refractivity contribution in [2.75, 3.05) is 0 Å². The minimum atomic E-state index is -0.330. The zero-order chi connectivity index (χ0) is 13.2. The molecule has 3 rings (SSSR count). The fraction of sp³-hybridized carbons (Fsp3) is 0.294. The first-order valence-electron chi connectivity index (χ1n) is 6.72. The van der Waals surface area contributed by atoms with Crippen molar-refractivity contribution in [1.29, 1.82) is 0 Å². The zero-order valence-electron chi connectivity index (χ0n) is 11.0. The second kappa shape index (κ2) is 5.40. The molecule has 0 aromatic heterocycles. The van der Waals surface area contributed by atoms with Crippen molar-refractivity contribution in [2.45, 2.75) is 30.5 Å². The molecule has 98 valence electrons. The van der Waals surface area contributed by atoms with Gasteiger partial charge in [0.15, 0.2) is 0 Å². The molecule has 0 saturated heterocycles. The molecule has 1 N–H and O–H groups in total. The van der Waals surface area contributed by atoms with E-state index in [9.17, 15) is 5.11 Å². The number of fused-ring (bicyclic) bond motifs is 1. The van der Waals surface area contributed by atoms with Gasteiger partial charge in [0.2, 0.25) is 0 Å². The third-order valence-electron chi connectivity index (χ3n) is 3.69. The van der Waals surface area contributed by atoms with Gasteiger partial charge in [-0.25, -0.2) is 0 Å². The highest BCUT2D eigenvalue weighted by molar-refractivity contribution is 7.99. The van der Waals surface area contributed by atoms with E-state index in [0.29, 0.717) is 5.25 Å². The Morgan fingerprint density at radius 2 is 1.84 bits per heavy atom. The summed E-state index contributed by atoms with van der Waals surface area (Å²) in [5.74, 6) is 1.00. The average Bonchev–Trinajstić information content (AvgIpc) is 2.59. The Labute approximate surface area is 118 Å². The number of hydrogen-bond acceptors (Lipinski definition) is 2. The summed E-state index contributed by atoms with van der Waals surface area (Å²) in [5.41, 5.74) is 4.79. The van der Waals surface area contributed by atoms with Crippen molar-refractivity contribution >= 4 is 11.8 Å². The van der Waals surface area contributed by atoms with Crippen LogP contribution in [0.2, 0.25) is 0 Å². The van der Waals surface area contributed by atoms with E-state index in [0.717, 1.165) is 17.7 Å². The first-order chi connectivity index (χ1) is 9.24. The van der Waals surface area contributed by atoms with Gasteiger partial charge in [0.05, 0.1) is 6.10 Å². The summed E-state index contributed by atoms with van der Waals surface area (Å²) < 4.78 is 0. The van der Waals surface area contributed by atoms with Gasteiger partial charge in [0.25, 0.3) is 0 Å². The maximum Gasteiger partial charge on any atom is 0.0803 e. The summed E-state index contributed by atoms with van der Waals surface area (Å²) in [7, 11) is 0. The van der Waals surface area contributed by atoms with Crippen LogP contribution in [0.5, 0.6) is 0 Å². The number of benzene rings is 2. The Kier molecular flexibility index (Phi) is 3.63. The third-order valence-corrected chi connectivity index (χ3v) is 4.93. The van der Waals surface area contributed by atoms with Gasteiger partial charge in [-0.1, -0.05) is 49.4 Å². The second-order valence-corrected chi connectivity index (χ2v) is 6.58. The van der Waals surface area contributed by atoms with Crippen molar-refractivity contribution in [1.82, 2.24) is 0 Å².